The van der Waals surface area contributed by atoms with Crippen molar-refractivity contribution in [3.05, 3.63) is 108 Å². The average Bonchev–Trinajstić information content (AvgIpc) is 3.66. The molecule has 0 unspecified atom stereocenters. The van der Waals surface area contributed by atoms with Crippen molar-refractivity contribution >= 4 is 17.0 Å². The number of aromatic nitrogens is 4. The van der Waals surface area contributed by atoms with Gasteiger partial charge in [-0.3, -0.25) is 4.57 Å². The molecule has 43 heavy (non-hydrogen) atoms. The number of nitrogens with one attached hydrogen (secondary N) is 1. The van der Waals surface area contributed by atoms with E-state index in [0.29, 0.717) is 29.9 Å². The highest BCUT2D eigenvalue weighted by atomic mass is 16.6. The third-order valence-corrected chi connectivity index (χ3v) is 7.85. The summed E-state index contributed by atoms with van der Waals surface area (Å²) < 4.78 is 26.1. The third-order valence-electron chi connectivity index (χ3n) is 7.85. The van der Waals surface area contributed by atoms with Crippen molar-refractivity contribution in [1.82, 2.24) is 19.5 Å². The molecule has 222 valence electrons. The number of ether oxygens (including phenoxy) is 4. The number of anilines is 1. The molecule has 1 saturated heterocycles. The molecule has 0 aliphatic carbocycles. The minimum atomic E-state index is -1.02. The summed E-state index contributed by atoms with van der Waals surface area (Å²) in [5.74, 6) is 2.15. The fraction of sp³-hybridized carbons (Fsp3) is 0.303. The Morgan fingerprint density at radius 2 is 1.51 bits per heavy atom. The maximum absolute atomic E-state index is 11.2. The van der Waals surface area contributed by atoms with Crippen molar-refractivity contribution in [1.29, 1.82) is 0 Å². The van der Waals surface area contributed by atoms with E-state index in [1.54, 1.807) is 20.5 Å². The van der Waals surface area contributed by atoms with E-state index in [-0.39, 0.29) is 6.61 Å². The zero-order valence-corrected chi connectivity index (χ0v) is 24.4. The first-order valence-electron chi connectivity index (χ1n) is 14.3. The molecule has 10 heteroatoms. The number of methoxy groups -OCH3 is 2. The molecule has 3 atom stereocenters. The van der Waals surface area contributed by atoms with Crippen molar-refractivity contribution in [2.24, 2.45) is 0 Å². The fourth-order valence-corrected chi connectivity index (χ4v) is 5.68. The smallest absolute Gasteiger partial charge is 0.167 e. The monoisotopic (exact) mass is 581 g/mol. The van der Waals surface area contributed by atoms with Gasteiger partial charge < -0.3 is 29.4 Å². The molecule has 3 aromatic carbocycles. The second kappa shape index (κ2) is 12.4. The quantitative estimate of drug-likeness (QED) is 0.210. The van der Waals surface area contributed by atoms with Crippen molar-refractivity contribution in [2.45, 2.75) is 37.4 Å². The van der Waals surface area contributed by atoms with Crippen LogP contribution in [0.2, 0.25) is 0 Å². The summed E-state index contributed by atoms with van der Waals surface area (Å²) in [5.41, 5.74) is 3.02. The van der Waals surface area contributed by atoms with Crippen molar-refractivity contribution in [3.8, 4) is 11.5 Å². The largest absolute Gasteiger partial charge is 0.497 e. The van der Waals surface area contributed by atoms with Crippen molar-refractivity contribution < 1.29 is 24.1 Å². The molecule has 0 spiro atoms. The average molecular weight is 582 g/mol. The number of benzene rings is 3. The number of aliphatic hydroxyl groups is 1. The van der Waals surface area contributed by atoms with Crippen molar-refractivity contribution in [3.63, 3.8) is 0 Å². The summed E-state index contributed by atoms with van der Waals surface area (Å²) in [5, 5.41) is 14.4. The maximum Gasteiger partial charge on any atom is 0.167 e. The maximum atomic E-state index is 11.2. The minimum Gasteiger partial charge on any atom is -0.497 e. The summed E-state index contributed by atoms with van der Waals surface area (Å²) in [4.78, 5) is 13.3. The third kappa shape index (κ3) is 5.40. The number of hydrogen-bond donors (Lipinski definition) is 2. The molecule has 5 aromatic rings. The highest BCUT2D eigenvalue weighted by Gasteiger charge is 2.42. The van der Waals surface area contributed by atoms with Crippen LogP contribution in [0, 0.1) is 0 Å². The fourth-order valence-electron chi connectivity index (χ4n) is 5.68. The number of aliphatic hydroxyl groups excluding tert-OH is 1. The topological polar surface area (TPSA) is 113 Å². The standard InChI is InChI=1S/C33H35N5O5/c1-4-34-31-30-32(36-20-35-31)38(21-37-30)29-18-27(39)28(43-29)19-42-33(22-8-6-5-7-9-22,23-10-14-25(40-2)15-11-23)24-12-16-26(41-3)17-13-24/h5-17,20-21,27-29,39H,4,18-19H2,1-3H3,(H,34,35,36)/t27-,28-,29-/m1/s1. The molecule has 1 aliphatic heterocycles. The molecular weight excluding hydrogens is 546 g/mol. The van der Waals surface area contributed by atoms with Gasteiger partial charge >= 0.3 is 0 Å². The van der Waals surface area contributed by atoms with Crippen LogP contribution in [-0.2, 0) is 15.1 Å². The minimum absolute atomic E-state index is 0.120. The summed E-state index contributed by atoms with van der Waals surface area (Å²) >= 11 is 0. The predicted octanol–water partition coefficient (Wildman–Crippen LogP) is 4.93. The number of nitrogens with zero attached hydrogens (tertiary/aromatic N) is 4. The lowest BCUT2D eigenvalue weighted by atomic mass is 9.80. The van der Waals surface area contributed by atoms with Crippen LogP contribution in [0.5, 0.6) is 11.5 Å². The van der Waals surface area contributed by atoms with Gasteiger partial charge in [-0.05, 0) is 47.9 Å². The van der Waals surface area contributed by atoms with Crippen LogP contribution < -0.4 is 14.8 Å². The van der Waals surface area contributed by atoms with Crippen LogP contribution in [0.25, 0.3) is 11.2 Å². The van der Waals surface area contributed by atoms with Crippen LogP contribution in [0.3, 0.4) is 0 Å². The van der Waals surface area contributed by atoms with Gasteiger partial charge in [-0.2, -0.15) is 0 Å². The van der Waals surface area contributed by atoms with Crippen molar-refractivity contribution in [2.75, 3.05) is 32.7 Å². The molecule has 0 amide bonds. The highest BCUT2D eigenvalue weighted by Crippen LogP contribution is 2.43. The van der Waals surface area contributed by atoms with Gasteiger partial charge in [-0.1, -0.05) is 54.6 Å². The zero-order valence-electron chi connectivity index (χ0n) is 24.4. The van der Waals surface area contributed by atoms with E-state index in [0.717, 1.165) is 28.2 Å². The molecule has 0 saturated carbocycles. The van der Waals surface area contributed by atoms with Gasteiger partial charge in [-0.15, -0.1) is 0 Å². The number of imidazole rings is 1. The Morgan fingerprint density at radius 1 is 0.884 bits per heavy atom. The molecule has 6 rings (SSSR count). The molecule has 0 bridgehead atoms. The molecule has 10 nitrogen and oxygen atoms in total. The number of hydrogen-bond acceptors (Lipinski definition) is 9. The predicted molar refractivity (Wildman–Crippen MR) is 162 cm³/mol. The summed E-state index contributed by atoms with van der Waals surface area (Å²) in [6, 6.07) is 25.7. The van der Waals surface area contributed by atoms with E-state index >= 15 is 0 Å². The lowest BCUT2D eigenvalue weighted by Crippen LogP contribution is -2.38. The van der Waals surface area contributed by atoms with Crippen LogP contribution in [-0.4, -0.2) is 64.2 Å². The van der Waals surface area contributed by atoms with Crippen LogP contribution >= 0.6 is 0 Å². The van der Waals surface area contributed by atoms with E-state index in [1.165, 1.54) is 6.33 Å². The molecular formula is C33H35N5O5. The first-order chi connectivity index (χ1) is 21.1. The second-order valence-electron chi connectivity index (χ2n) is 10.3. The Labute approximate surface area is 250 Å². The first-order valence-corrected chi connectivity index (χ1v) is 14.3. The molecule has 2 aromatic heterocycles. The second-order valence-corrected chi connectivity index (χ2v) is 10.3. The van der Waals surface area contributed by atoms with Gasteiger partial charge in [0.1, 0.15) is 35.8 Å². The van der Waals surface area contributed by atoms with Gasteiger partial charge in [0.2, 0.25) is 0 Å². The number of rotatable bonds is 11. The molecule has 0 radical (unpaired) electrons. The Bertz CT molecular complexity index is 1600. The summed E-state index contributed by atoms with van der Waals surface area (Å²) in [7, 11) is 3.29. The molecule has 2 N–H and O–H groups in total. The van der Waals surface area contributed by atoms with Gasteiger partial charge in [0.05, 0.1) is 33.3 Å². The van der Waals surface area contributed by atoms with Gasteiger partial charge in [0.25, 0.3) is 0 Å². The summed E-state index contributed by atoms with van der Waals surface area (Å²) in [6.07, 6.45) is 1.72. The van der Waals surface area contributed by atoms with E-state index in [2.05, 4.69) is 20.3 Å². The zero-order chi connectivity index (χ0) is 29.8. The van der Waals surface area contributed by atoms with Gasteiger partial charge in [-0.25, -0.2) is 15.0 Å². The first kappa shape index (κ1) is 28.6. The van der Waals surface area contributed by atoms with Crippen LogP contribution in [0.1, 0.15) is 36.3 Å². The SMILES string of the molecule is CCNc1ncnc2c1ncn2[C@H]1C[C@@H](O)[C@@H](COC(c2ccccc2)(c2ccc(OC)cc2)c2ccc(OC)cc2)O1. The highest BCUT2D eigenvalue weighted by molar-refractivity contribution is 5.82. The normalized spacial score (nSPS) is 18.6. The Balaban J connectivity index is 1.35. The van der Waals surface area contributed by atoms with E-state index < -0.39 is 24.0 Å². The Hall–Kier alpha value is -4.51. The van der Waals surface area contributed by atoms with E-state index in [9.17, 15) is 5.11 Å². The molecule has 3 heterocycles. The van der Waals surface area contributed by atoms with E-state index in [4.69, 9.17) is 18.9 Å². The molecule has 1 fully saturated rings. The van der Waals surface area contributed by atoms with Crippen LogP contribution in [0.4, 0.5) is 5.82 Å². The Kier molecular flexibility index (Phi) is 8.24. The Morgan fingerprint density at radius 3 is 2.12 bits per heavy atom. The lowest BCUT2D eigenvalue weighted by Gasteiger charge is -2.37. The lowest BCUT2D eigenvalue weighted by molar-refractivity contribution is -0.0931. The molecule has 1 aliphatic rings. The van der Waals surface area contributed by atoms with Gasteiger partial charge in [0.15, 0.2) is 17.0 Å². The van der Waals surface area contributed by atoms with Crippen LogP contribution in [0.15, 0.2) is 91.5 Å². The summed E-state index contributed by atoms with van der Waals surface area (Å²) in [6.45, 7) is 2.83. The van der Waals surface area contributed by atoms with Gasteiger partial charge in [0, 0.05) is 13.0 Å². The number of fused-ring (bicyclic) bond motifs is 1. The van der Waals surface area contributed by atoms with E-state index in [1.807, 2.05) is 90.4 Å².